The van der Waals surface area contributed by atoms with Crippen molar-refractivity contribution in [1.82, 2.24) is 0 Å². The summed E-state index contributed by atoms with van der Waals surface area (Å²) in [5.41, 5.74) is 2.79. The molecule has 3 heteroatoms. The Labute approximate surface area is 89.3 Å². The number of thioether (sulfide) groups is 1. The summed E-state index contributed by atoms with van der Waals surface area (Å²) in [6.07, 6.45) is 2.07. The molecule has 14 heavy (non-hydrogen) atoms. The fraction of sp³-hybridized carbons (Fsp3) is 0.364. The van der Waals surface area contributed by atoms with Crippen LogP contribution in [0.15, 0.2) is 18.2 Å². The second-order valence-electron chi connectivity index (χ2n) is 3.08. The van der Waals surface area contributed by atoms with Crippen molar-refractivity contribution in [2.45, 2.75) is 6.92 Å². The summed E-state index contributed by atoms with van der Waals surface area (Å²) in [4.78, 5) is 0. The van der Waals surface area contributed by atoms with Crippen LogP contribution in [0.25, 0.3) is 0 Å². The van der Waals surface area contributed by atoms with Crippen molar-refractivity contribution in [3.63, 3.8) is 0 Å². The first-order valence-electron chi connectivity index (χ1n) is 4.51. The molecule has 2 nitrogen and oxygen atoms in total. The van der Waals surface area contributed by atoms with E-state index in [0.29, 0.717) is 0 Å². The Kier molecular flexibility index (Phi) is 4.34. The van der Waals surface area contributed by atoms with Gasteiger partial charge in [-0.25, -0.2) is 0 Å². The van der Waals surface area contributed by atoms with Gasteiger partial charge >= 0.3 is 0 Å². The molecule has 1 N–H and O–H groups in total. The second kappa shape index (κ2) is 5.56. The number of aryl methyl sites for hydroxylation is 1. The molecule has 0 aliphatic heterocycles. The normalized spacial score (nSPS) is 9.50. The van der Waals surface area contributed by atoms with Gasteiger partial charge in [0.15, 0.2) is 0 Å². The van der Waals surface area contributed by atoms with Crippen LogP contribution in [0.4, 0.5) is 5.69 Å². The highest BCUT2D eigenvalue weighted by Crippen LogP contribution is 2.15. The van der Waals surface area contributed by atoms with Gasteiger partial charge in [-0.2, -0.15) is 17.0 Å². The number of benzene rings is 1. The minimum atomic E-state index is 0.728. The molecule has 0 aliphatic rings. The van der Waals surface area contributed by atoms with Crippen molar-refractivity contribution in [3.05, 3.63) is 29.3 Å². The van der Waals surface area contributed by atoms with Crippen molar-refractivity contribution < 1.29 is 0 Å². The van der Waals surface area contributed by atoms with E-state index < -0.39 is 0 Å². The maximum Gasteiger partial charge on any atom is 0.101 e. The molecule has 1 aromatic rings. The molecule has 1 aromatic carbocycles. The number of anilines is 1. The number of rotatable bonds is 4. The summed E-state index contributed by atoms with van der Waals surface area (Å²) in [7, 11) is 0. The maximum atomic E-state index is 8.90. The summed E-state index contributed by atoms with van der Waals surface area (Å²) in [5.74, 6) is 1.05. The molecule has 0 atom stereocenters. The predicted molar refractivity (Wildman–Crippen MR) is 62.8 cm³/mol. The molecule has 74 valence electrons. The van der Waals surface area contributed by atoms with Crippen LogP contribution in [-0.2, 0) is 0 Å². The van der Waals surface area contributed by atoms with Gasteiger partial charge in [-0.05, 0) is 30.9 Å². The fourth-order valence-corrected chi connectivity index (χ4v) is 1.50. The van der Waals surface area contributed by atoms with Crippen molar-refractivity contribution in [2.75, 3.05) is 23.9 Å². The number of hydrogen-bond acceptors (Lipinski definition) is 3. The van der Waals surface area contributed by atoms with Crippen LogP contribution in [0.5, 0.6) is 0 Å². The largest absolute Gasteiger partial charge is 0.383 e. The Hall–Kier alpha value is -1.14. The molecular weight excluding hydrogens is 192 g/mol. The van der Waals surface area contributed by atoms with Gasteiger partial charge in [-0.1, -0.05) is 6.07 Å². The van der Waals surface area contributed by atoms with Crippen molar-refractivity contribution in [2.24, 2.45) is 0 Å². The van der Waals surface area contributed by atoms with Crippen LogP contribution >= 0.6 is 11.8 Å². The smallest absolute Gasteiger partial charge is 0.101 e. The van der Waals surface area contributed by atoms with E-state index in [4.69, 9.17) is 5.26 Å². The molecule has 0 fully saturated rings. The summed E-state index contributed by atoms with van der Waals surface area (Å²) in [6.45, 7) is 2.89. The molecule has 0 radical (unpaired) electrons. The lowest BCUT2D eigenvalue weighted by atomic mass is 10.1. The van der Waals surface area contributed by atoms with E-state index >= 15 is 0 Å². The van der Waals surface area contributed by atoms with E-state index in [2.05, 4.69) is 17.6 Å². The third-order valence-corrected chi connectivity index (χ3v) is 2.53. The quantitative estimate of drug-likeness (QED) is 0.769. The molecule has 0 spiro atoms. The first-order valence-corrected chi connectivity index (χ1v) is 5.91. The lowest BCUT2D eigenvalue weighted by Gasteiger charge is -2.07. The average molecular weight is 206 g/mol. The van der Waals surface area contributed by atoms with E-state index in [0.717, 1.165) is 29.1 Å². The lowest BCUT2D eigenvalue weighted by Crippen LogP contribution is -2.05. The van der Waals surface area contributed by atoms with E-state index in [9.17, 15) is 0 Å². The summed E-state index contributed by atoms with van der Waals surface area (Å²) in [6, 6.07) is 8.08. The Morgan fingerprint density at radius 2 is 2.29 bits per heavy atom. The van der Waals surface area contributed by atoms with Gasteiger partial charge in [-0.3, -0.25) is 0 Å². The second-order valence-corrected chi connectivity index (χ2v) is 4.07. The van der Waals surface area contributed by atoms with E-state index in [1.165, 1.54) is 0 Å². The van der Waals surface area contributed by atoms with Crippen molar-refractivity contribution >= 4 is 17.4 Å². The first kappa shape index (κ1) is 10.9. The number of hydrogen-bond donors (Lipinski definition) is 1. The minimum absolute atomic E-state index is 0.728. The van der Waals surface area contributed by atoms with Gasteiger partial charge < -0.3 is 5.32 Å². The molecule has 0 aromatic heterocycles. The van der Waals surface area contributed by atoms with Crippen LogP contribution < -0.4 is 5.32 Å². The van der Waals surface area contributed by atoms with Gasteiger partial charge in [0.1, 0.15) is 6.07 Å². The van der Waals surface area contributed by atoms with Gasteiger partial charge in [0, 0.05) is 12.3 Å². The zero-order valence-corrected chi connectivity index (χ0v) is 9.32. The van der Waals surface area contributed by atoms with E-state index in [-0.39, 0.29) is 0 Å². The summed E-state index contributed by atoms with van der Waals surface area (Å²) >= 11 is 1.79. The average Bonchev–Trinajstić information content (AvgIpc) is 2.20. The van der Waals surface area contributed by atoms with Gasteiger partial charge in [-0.15, -0.1) is 0 Å². The first-order chi connectivity index (χ1) is 6.77. The van der Waals surface area contributed by atoms with Gasteiger partial charge in [0.05, 0.1) is 11.3 Å². The Bertz CT molecular complexity index is 342. The lowest BCUT2D eigenvalue weighted by molar-refractivity contribution is 1.22. The molecule has 0 amide bonds. The molecule has 0 unspecified atom stereocenters. The van der Waals surface area contributed by atoms with E-state index in [1.807, 2.05) is 25.1 Å². The third-order valence-electron chi connectivity index (χ3n) is 1.92. The topological polar surface area (TPSA) is 35.8 Å². The Morgan fingerprint density at radius 1 is 1.50 bits per heavy atom. The van der Waals surface area contributed by atoms with Gasteiger partial charge in [0.25, 0.3) is 0 Å². The summed E-state index contributed by atoms with van der Waals surface area (Å²) < 4.78 is 0. The third kappa shape index (κ3) is 2.97. The van der Waals surface area contributed by atoms with Crippen LogP contribution in [0.2, 0.25) is 0 Å². The standard InChI is InChI=1S/C11H14N2S/c1-9-3-4-11(10(7-9)8-12)13-5-6-14-2/h3-4,7,13H,5-6H2,1-2H3. The Balaban J connectivity index is 2.72. The number of nitriles is 1. The molecule has 0 bridgehead atoms. The monoisotopic (exact) mass is 206 g/mol. The summed E-state index contributed by atoms with van der Waals surface area (Å²) in [5, 5.41) is 12.2. The molecule has 0 heterocycles. The number of nitrogens with one attached hydrogen (secondary N) is 1. The Morgan fingerprint density at radius 3 is 2.93 bits per heavy atom. The zero-order valence-electron chi connectivity index (χ0n) is 8.50. The van der Waals surface area contributed by atoms with Crippen molar-refractivity contribution in [3.8, 4) is 6.07 Å². The SMILES string of the molecule is CSCCNc1ccc(C)cc1C#N. The highest BCUT2D eigenvalue weighted by atomic mass is 32.2. The molecule has 0 saturated heterocycles. The minimum Gasteiger partial charge on any atom is -0.383 e. The van der Waals surface area contributed by atoms with E-state index in [1.54, 1.807) is 11.8 Å². The van der Waals surface area contributed by atoms with Crippen LogP contribution in [-0.4, -0.2) is 18.6 Å². The van der Waals surface area contributed by atoms with Crippen molar-refractivity contribution in [1.29, 1.82) is 5.26 Å². The molecular formula is C11H14N2S. The zero-order chi connectivity index (χ0) is 10.4. The van der Waals surface area contributed by atoms with Crippen LogP contribution in [0.1, 0.15) is 11.1 Å². The number of nitrogens with zero attached hydrogens (tertiary/aromatic N) is 1. The molecule has 1 rings (SSSR count). The fourth-order valence-electron chi connectivity index (χ4n) is 1.19. The highest BCUT2D eigenvalue weighted by molar-refractivity contribution is 7.98. The van der Waals surface area contributed by atoms with Crippen LogP contribution in [0, 0.1) is 18.3 Å². The molecule has 0 saturated carbocycles. The predicted octanol–water partition coefficient (Wildman–Crippen LogP) is 2.64. The van der Waals surface area contributed by atoms with Gasteiger partial charge in [0.2, 0.25) is 0 Å². The maximum absolute atomic E-state index is 8.90. The van der Waals surface area contributed by atoms with Crippen LogP contribution in [0.3, 0.4) is 0 Å². The molecule has 0 aliphatic carbocycles. The highest BCUT2D eigenvalue weighted by Gasteiger charge is 2.00.